The lowest BCUT2D eigenvalue weighted by molar-refractivity contribution is 0.0722. The smallest absolute Gasteiger partial charge is 0.294 e. The van der Waals surface area contributed by atoms with Gasteiger partial charge >= 0.3 is 0 Å². The minimum absolute atomic E-state index is 0.0856. The first-order chi connectivity index (χ1) is 12.1. The van der Waals surface area contributed by atoms with Gasteiger partial charge in [-0.05, 0) is 55.5 Å². The molecule has 5 nitrogen and oxygen atoms in total. The van der Waals surface area contributed by atoms with Crippen LogP contribution in [0.15, 0.2) is 42.5 Å². The number of amides is 1. The Morgan fingerprint density at radius 2 is 1.84 bits per heavy atom. The van der Waals surface area contributed by atoms with Crippen LogP contribution >= 0.6 is 0 Å². The quantitative estimate of drug-likeness (QED) is 0.719. The van der Waals surface area contributed by atoms with Crippen molar-refractivity contribution in [2.24, 2.45) is 0 Å². The molecule has 2 heterocycles. The van der Waals surface area contributed by atoms with Crippen LogP contribution in [0.3, 0.4) is 0 Å². The molecule has 5 heteroatoms. The molecular weight excluding hydrogens is 312 g/mol. The maximum absolute atomic E-state index is 13.0. The number of nitrogens with zero attached hydrogens (tertiary/aromatic N) is 4. The van der Waals surface area contributed by atoms with Gasteiger partial charge < -0.3 is 4.90 Å². The normalized spacial score (nSPS) is 17.2. The molecule has 1 saturated heterocycles. The van der Waals surface area contributed by atoms with Crippen LogP contribution < -0.4 is 0 Å². The van der Waals surface area contributed by atoms with Crippen LogP contribution in [0.2, 0.25) is 0 Å². The second-order valence-electron chi connectivity index (χ2n) is 6.57. The fraction of sp³-hybridized carbons (Fsp3) is 0.300. The average molecular weight is 332 g/mol. The molecule has 0 bridgehead atoms. The van der Waals surface area contributed by atoms with E-state index in [1.807, 2.05) is 29.2 Å². The van der Waals surface area contributed by atoms with Crippen molar-refractivity contribution >= 4 is 16.9 Å². The Labute approximate surface area is 146 Å². The highest BCUT2D eigenvalue weighted by molar-refractivity contribution is 5.92. The molecule has 1 atom stereocenters. The van der Waals surface area contributed by atoms with Crippen molar-refractivity contribution in [1.82, 2.24) is 20.1 Å². The van der Waals surface area contributed by atoms with Gasteiger partial charge in [-0.1, -0.05) is 30.3 Å². The predicted octanol–water partition coefficient (Wildman–Crippen LogP) is 3.62. The molecule has 0 radical (unpaired) electrons. The number of aromatic nitrogens is 3. The largest absolute Gasteiger partial charge is 0.329 e. The molecule has 0 unspecified atom stereocenters. The Morgan fingerprint density at radius 1 is 1.04 bits per heavy atom. The summed E-state index contributed by atoms with van der Waals surface area (Å²) in [6.45, 7) is 4.96. The third-order valence-electron chi connectivity index (χ3n) is 5.07. The van der Waals surface area contributed by atoms with E-state index in [0.717, 1.165) is 19.4 Å². The van der Waals surface area contributed by atoms with E-state index in [0.29, 0.717) is 11.0 Å². The van der Waals surface area contributed by atoms with Gasteiger partial charge in [-0.3, -0.25) is 4.79 Å². The van der Waals surface area contributed by atoms with Gasteiger partial charge in [0.2, 0.25) is 5.82 Å². The lowest BCUT2D eigenvalue weighted by Gasteiger charge is -2.26. The summed E-state index contributed by atoms with van der Waals surface area (Å²) in [5, 5.41) is 8.21. The number of aryl methyl sites for hydroxylation is 1. The zero-order valence-electron chi connectivity index (χ0n) is 14.4. The van der Waals surface area contributed by atoms with Gasteiger partial charge in [0, 0.05) is 6.54 Å². The molecule has 3 aromatic rings. The summed E-state index contributed by atoms with van der Waals surface area (Å²) >= 11 is 0. The zero-order valence-corrected chi connectivity index (χ0v) is 14.4. The van der Waals surface area contributed by atoms with E-state index in [1.165, 1.54) is 16.7 Å². The Hall–Kier alpha value is -2.82. The minimum Gasteiger partial charge on any atom is -0.329 e. The maximum Gasteiger partial charge on any atom is 0.294 e. The van der Waals surface area contributed by atoms with Crippen LogP contribution in [-0.4, -0.2) is 32.5 Å². The number of hydrogen-bond acceptors (Lipinski definition) is 4. The number of hydrogen-bond donors (Lipinski definition) is 0. The van der Waals surface area contributed by atoms with Gasteiger partial charge in [0.25, 0.3) is 5.91 Å². The van der Waals surface area contributed by atoms with Gasteiger partial charge in [-0.2, -0.15) is 0 Å². The summed E-state index contributed by atoms with van der Waals surface area (Å²) in [5.74, 6) is 0.0394. The van der Waals surface area contributed by atoms with Crippen LogP contribution in [0.5, 0.6) is 0 Å². The molecule has 1 amide bonds. The first-order valence-electron chi connectivity index (χ1n) is 8.61. The first-order valence-corrected chi connectivity index (χ1v) is 8.61. The van der Waals surface area contributed by atoms with Crippen LogP contribution in [0.25, 0.3) is 11.0 Å². The zero-order chi connectivity index (χ0) is 17.4. The van der Waals surface area contributed by atoms with E-state index in [1.54, 1.807) is 0 Å². The second-order valence-corrected chi connectivity index (χ2v) is 6.57. The van der Waals surface area contributed by atoms with Crippen molar-refractivity contribution in [3.63, 3.8) is 0 Å². The molecule has 1 aliphatic heterocycles. The predicted molar refractivity (Wildman–Crippen MR) is 96.3 cm³/mol. The van der Waals surface area contributed by atoms with E-state index >= 15 is 0 Å². The molecule has 126 valence electrons. The van der Waals surface area contributed by atoms with Crippen molar-refractivity contribution in [3.8, 4) is 0 Å². The van der Waals surface area contributed by atoms with Crippen LogP contribution in [0.4, 0.5) is 0 Å². The Kier molecular flexibility index (Phi) is 3.92. The number of carbonyl (C=O) groups excluding carboxylic acids is 1. The number of carbonyl (C=O) groups is 1. The highest BCUT2D eigenvalue weighted by Crippen LogP contribution is 2.35. The summed E-state index contributed by atoms with van der Waals surface area (Å²) in [4.78, 5) is 19.4. The van der Waals surface area contributed by atoms with Crippen molar-refractivity contribution in [1.29, 1.82) is 0 Å². The van der Waals surface area contributed by atoms with Gasteiger partial charge in [0.15, 0.2) is 0 Å². The van der Waals surface area contributed by atoms with Crippen molar-refractivity contribution < 1.29 is 4.79 Å². The van der Waals surface area contributed by atoms with Crippen LogP contribution in [0, 0.1) is 13.8 Å². The molecule has 4 rings (SSSR count). The fourth-order valence-electron chi connectivity index (χ4n) is 3.57. The number of para-hydroxylation sites is 1. The summed E-state index contributed by atoms with van der Waals surface area (Å²) < 4.78 is 0. The van der Waals surface area contributed by atoms with E-state index in [2.05, 4.69) is 47.2 Å². The fourth-order valence-corrected chi connectivity index (χ4v) is 3.57. The van der Waals surface area contributed by atoms with E-state index in [-0.39, 0.29) is 17.8 Å². The monoisotopic (exact) mass is 332 g/mol. The van der Waals surface area contributed by atoms with E-state index in [4.69, 9.17) is 0 Å². The summed E-state index contributed by atoms with van der Waals surface area (Å²) in [6.07, 6.45) is 1.96. The highest BCUT2D eigenvalue weighted by atomic mass is 16.2. The Bertz CT molecular complexity index is 953. The van der Waals surface area contributed by atoms with Gasteiger partial charge in [0.05, 0.1) is 11.6 Å². The highest BCUT2D eigenvalue weighted by Gasteiger charge is 2.33. The van der Waals surface area contributed by atoms with E-state index in [9.17, 15) is 4.79 Å². The van der Waals surface area contributed by atoms with E-state index < -0.39 is 0 Å². The molecule has 0 spiro atoms. The number of likely N-dealkylation sites (tertiary alicyclic amines) is 1. The molecule has 1 fully saturated rings. The van der Waals surface area contributed by atoms with Crippen molar-refractivity contribution in [3.05, 3.63) is 65.0 Å². The van der Waals surface area contributed by atoms with Crippen LogP contribution in [0.1, 0.15) is 46.2 Å². The van der Waals surface area contributed by atoms with Crippen molar-refractivity contribution in [2.45, 2.75) is 32.7 Å². The topological polar surface area (TPSA) is 59.0 Å². The van der Waals surface area contributed by atoms with Crippen LogP contribution in [-0.2, 0) is 0 Å². The molecule has 25 heavy (non-hydrogen) atoms. The first kappa shape index (κ1) is 15.7. The standard InChI is InChI=1S/C20H20N4O/c1-13-7-5-8-15(14(13)2)18-11-6-12-24(18)20(25)19-21-16-9-3-4-10-17(16)22-23-19/h3-5,7-10,18H,6,11-12H2,1-2H3/t18-/m0/s1. The summed E-state index contributed by atoms with van der Waals surface area (Å²) in [6, 6.07) is 13.9. The maximum atomic E-state index is 13.0. The number of fused-ring (bicyclic) bond motifs is 1. The number of rotatable bonds is 2. The van der Waals surface area contributed by atoms with Gasteiger partial charge in [0.1, 0.15) is 5.52 Å². The summed E-state index contributed by atoms with van der Waals surface area (Å²) in [5.41, 5.74) is 5.12. The third kappa shape index (κ3) is 2.76. The molecule has 1 aromatic heterocycles. The lowest BCUT2D eigenvalue weighted by Crippen LogP contribution is -2.32. The number of benzene rings is 2. The second kappa shape index (κ2) is 6.24. The lowest BCUT2D eigenvalue weighted by atomic mass is 9.96. The minimum atomic E-state index is -0.137. The Balaban J connectivity index is 1.69. The molecule has 1 aliphatic rings. The van der Waals surface area contributed by atoms with Crippen molar-refractivity contribution in [2.75, 3.05) is 6.54 Å². The molecule has 0 saturated carbocycles. The SMILES string of the molecule is Cc1cccc([C@@H]2CCCN2C(=O)c2nnc3ccccc3n2)c1C. The Morgan fingerprint density at radius 3 is 2.68 bits per heavy atom. The molecule has 2 aromatic carbocycles. The molecule has 0 N–H and O–H groups in total. The molecular formula is C20H20N4O. The molecule has 0 aliphatic carbocycles. The third-order valence-corrected chi connectivity index (χ3v) is 5.07. The van der Waals surface area contributed by atoms with Gasteiger partial charge in [-0.15, -0.1) is 10.2 Å². The average Bonchev–Trinajstić information content (AvgIpc) is 3.12. The summed E-state index contributed by atoms with van der Waals surface area (Å²) in [7, 11) is 0. The van der Waals surface area contributed by atoms with Gasteiger partial charge in [-0.25, -0.2) is 4.98 Å².